The number of nitrogens with one attached hydrogen (secondary N) is 2. The van der Waals surface area contributed by atoms with Crippen molar-refractivity contribution < 1.29 is 23.5 Å². The summed E-state index contributed by atoms with van der Waals surface area (Å²) in [7, 11) is 0. The van der Waals surface area contributed by atoms with Crippen LogP contribution in [0.2, 0.25) is 0 Å². The lowest BCUT2D eigenvalue weighted by Gasteiger charge is -2.13. The number of benzene rings is 1. The molecular weight excluding hydrogens is 294 g/mol. The molecule has 3 N–H and O–H groups in total. The lowest BCUT2D eigenvalue weighted by atomic mass is 10.0. The minimum atomic E-state index is -2.79. The summed E-state index contributed by atoms with van der Waals surface area (Å²) in [4.78, 5) is 25.8. The zero-order chi connectivity index (χ0) is 16.3. The Morgan fingerprint density at radius 3 is 2.73 bits per heavy atom. The summed E-state index contributed by atoms with van der Waals surface area (Å²) < 4.78 is 24.6. The maximum atomic E-state index is 12.3. The molecule has 0 saturated carbocycles. The summed E-state index contributed by atoms with van der Waals surface area (Å²) >= 11 is 0. The average molecular weight is 310 g/mol. The second-order valence-electron chi connectivity index (χ2n) is 5.07. The van der Waals surface area contributed by atoms with Crippen molar-refractivity contribution in [3.63, 3.8) is 0 Å². The first-order valence-electron chi connectivity index (χ1n) is 6.74. The Bertz CT molecular complexity index is 697. The van der Waals surface area contributed by atoms with Gasteiger partial charge in [0.1, 0.15) is 6.04 Å². The van der Waals surface area contributed by atoms with Crippen LogP contribution in [0.3, 0.4) is 0 Å². The third-order valence-electron chi connectivity index (χ3n) is 3.39. The predicted molar refractivity (Wildman–Crippen MR) is 76.9 cm³/mol. The molecule has 1 unspecified atom stereocenters. The smallest absolute Gasteiger partial charge is 0.326 e. The van der Waals surface area contributed by atoms with Crippen LogP contribution in [0.4, 0.5) is 8.78 Å². The van der Waals surface area contributed by atoms with Crippen molar-refractivity contribution in [1.29, 1.82) is 0 Å². The summed E-state index contributed by atoms with van der Waals surface area (Å²) in [6.07, 6.45) is -2.11. The van der Waals surface area contributed by atoms with Crippen LogP contribution in [0.5, 0.6) is 0 Å². The highest BCUT2D eigenvalue weighted by Crippen LogP contribution is 2.22. The van der Waals surface area contributed by atoms with Crippen LogP contribution in [0, 0.1) is 6.92 Å². The minimum Gasteiger partial charge on any atom is -0.480 e. The van der Waals surface area contributed by atoms with Crippen molar-refractivity contribution in [3.8, 4) is 0 Å². The molecule has 0 aliphatic rings. The first-order valence-corrected chi connectivity index (χ1v) is 6.74. The van der Waals surface area contributed by atoms with E-state index >= 15 is 0 Å². The Labute approximate surface area is 125 Å². The van der Waals surface area contributed by atoms with Crippen molar-refractivity contribution in [2.45, 2.75) is 32.2 Å². The molecule has 0 radical (unpaired) electrons. The lowest BCUT2D eigenvalue weighted by Crippen LogP contribution is -2.42. The van der Waals surface area contributed by atoms with E-state index in [0.717, 1.165) is 16.5 Å². The maximum absolute atomic E-state index is 12.3. The Morgan fingerprint density at radius 2 is 2.09 bits per heavy atom. The number of amides is 1. The van der Waals surface area contributed by atoms with Crippen LogP contribution in [0.25, 0.3) is 10.9 Å². The summed E-state index contributed by atoms with van der Waals surface area (Å²) in [5.41, 5.74) is 2.54. The maximum Gasteiger partial charge on any atom is 0.326 e. The molecule has 1 aromatic heterocycles. The predicted octanol–water partition coefficient (Wildman–Crippen LogP) is 2.24. The number of aromatic amines is 1. The number of carboxylic acids is 1. The molecule has 1 atom stereocenters. The molecule has 0 fully saturated rings. The monoisotopic (exact) mass is 310 g/mol. The fourth-order valence-corrected chi connectivity index (χ4v) is 2.41. The SMILES string of the molecule is Cc1cccc2[nH]cc(CC(=O)NC(CC(F)F)C(=O)O)c12. The number of rotatable bonds is 6. The number of aromatic nitrogens is 1. The Balaban J connectivity index is 2.12. The zero-order valence-corrected chi connectivity index (χ0v) is 11.9. The zero-order valence-electron chi connectivity index (χ0n) is 11.9. The van der Waals surface area contributed by atoms with Gasteiger partial charge in [-0.2, -0.15) is 0 Å². The van der Waals surface area contributed by atoms with E-state index in [-0.39, 0.29) is 6.42 Å². The molecule has 0 aliphatic carbocycles. The number of hydrogen-bond acceptors (Lipinski definition) is 2. The van der Waals surface area contributed by atoms with Crippen LogP contribution < -0.4 is 5.32 Å². The quantitative estimate of drug-likeness (QED) is 0.765. The minimum absolute atomic E-state index is 0.0716. The molecule has 1 amide bonds. The normalized spacial score (nSPS) is 12.5. The van der Waals surface area contributed by atoms with E-state index < -0.39 is 30.8 Å². The van der Waals surface area contributed by atoms with E-state index in [0.29, 0.717) is 5.56 Å². The Morgan fingerprint density at radius 1 is 1.36 bits per heavy atom. The van der Waals surface area contributed by atoms with E-state index in [9.17, 15) is 18.4 Å². The average Bonchev–Trinajstić information content (AvgIpc) is 2.82. The molecule has 0 aliphatic heterocycles. The highest BCUT2D eigenvalue weighted by molar-refractivity contribution is 5.92. The lowest BCUT2D eigenvalue weighted by molar-refractivity contribution is -0.142. The number of carboxylic acid groups (broad SMARTS) is 1. The summed E-state index contributed by atoms with van der Waals surface area (Å²) in [5, 5.41) is 11.9. The molecule has 2 aromatic rings. The fourth-order valence-electron chi connectivity index (χ4n) is 2.41. The van der Waals surface area contributed by atoms with Crippen molar-refractivity contribution >= 4 is 22.8 Å². The van der Waals surface area contributed by atoms with Crippen LogP contribution in [0.15, 0.2) is 24.4 Å². The van der Waals surface area contributed by atoms with Gasteiger partial charge in [-0.15, -0.1) is 0 Å². The van der Waals surface area contributed by atoms with E-state index in [1.165, 1.54) is 0 Å². The molecule has 22 heavy (non-hydrogen) atoms. The van der Waals surface area contributed by atoms with Crippen molar-refractivity contribution in [2.75, 3.05) is 0 Å². The van der Waals surface area contributed by atoms with Crippen molar-refractivity contribution in [3.05, 3.63) is 35.5 Å². The van der Waals surface area contributed by atoms with E-state index in [1.54, 1.807) is 6.20 Å². The second-order valence-corrected chi connectivity index (χ2v) is 5.07. The number of alkyl halides is 2. The van der Waals surface area contributed by atoms with Gasteiger partial charge in [-0.3, -0.25) is 4.79 Å². The Hall–Kier alpha value is -2.44. The summed E-state index contributed by atoms with van der Waals surface area (Å²) in [6, 6.07) is 4.05. The van der Waals surface area contributed by atoms with Crippen LogP contribution in [-0.2, 0) is 16.0 Å². The van der Waals surface area contributed by atoms with Crippen molar-refractivity contribution in [2.24, 2.45) is 0 Å². The van der Waals surface area contributed by atoms with Gasteiger partial charge in [-0.1, -0.05) is 12.1 Å². The van der Waals surface area contributed by atoms with Gasteiger partial charge in [-0.05, 0) is 24.1 Å². The van der Waals surface area contributed by atoms with Gasteiger partial charge in [0.2, 0.25) is 12.3 Å². The van der Waals surface area contributed by atoms with Crippen LogP contribution in [-0.4, -0.2) is 34.4 Å². The first-order chi connectivity index (χ1) is 10.4. The molecule has 0 spiro atoms. The molecule has 1 aromatic carbocycles. The molecule has 118 valence electrons. The number of carbonyl (C=O) groups excluding carboxylic acids is 1. The standard InChI is InChI=1S/C15H16F2N2O3/c1-8-3-2-4-10-14(8)9(7-18-10)5-13(20)19-11(15(21)22)6-12(16)17/h2-4,7,11-12,18H,5-6H2,1H3,(H,19,20)(H,21,22). The third kappa shape index (κ3) is 3.60. The van der Waals surface area contributed by atoms with E-state index in [2.05, 4.69) is 10.3 Å². The van der Waals surface area contributed by atoms with Gasteiger partial charge in [0.25, 0.3) is 0 Å². The first kappa shape index (κ1) is 15.9. The molecule has 7 heteroatoms. The Kier molecular flexibility index (Phi) is 4.75. The van der Waals surface area contributed by atoms with Crippen LogP contribution >= 0.6 is 0 Å². The molecule has 1 heterocycles. The number of H-pyrrole nitrogens is 1. The van der Waals surface area contributed by atoms with Gasteiger partial charge in [0, 0.05) is 23.5 Å². The van der Waals surface area contributed by atoms with Gasteiger partial charge in [0.05, 0.1) is 6.42 Å². The molecule has 0 saturated heterocycles. The molecule has 5 nitrogen and oxygen atoms in total. The third-order valence-corrected chi connectivity index (χ3v) is 3.39. The molecule has 0 bridgehead atoms. The van der Waals surface area contributed by atoms with Gasteiger partial charge in [0.15, 0.2) is 0 Å². The van der Waals surface area contributed by atoms with Crippen LogP contribution in [0.1, 0.15) is 17.5 Å². The summed E-state index contributed by atoms with van der Waals surface area (Å²) in [5.74, 6) is -2.07. The van der Waals surface area contributed by atoms with Gasteiger partial charge < -0.3 is 15.4 Å². The van der Waals surface area contributed by atoms with E-state index in [1.807, 2.05) is 25.1 Å². The van der Waals surface area contributed by atoms with Gasteiger partial charge >= 0.3 is 5.97 Å². The van der Waals surface area contributed by atoms with E-state index in [4.69, 9.17) is 5.11 Å². The number of halogens is 2. The number of fused-ring (bicyclic) bond motifs is 1. The number of hydrogen-bond donors (Lipinski definition) is 3. The number of aryl methyl sites for hydroxylation is 1. The number of carbonyl (C=O) groups is 2. The molecular formula is C15H16F2N2O3. The second kappa shape index (κ2) is 6.55. The fraction of sp³-hybridized carbons (Fsp3) is 0.333. The van der Waals surface area contributed by atoms with Crippen molar-refractivity contribution in [1.82, 2.24) is 10.3 Å². The largest absolute Gasteiger partial charge is 0.480 e. The number of aliphatic carboxylic acids is 1. The summed E-state index contributed by atoms with van der Waals surface area (Å²) in [6.45, 7) is 1.90. The highest BCUT2D eigenvalue weighted by Gasteiger charge is 2.24. The molecule has 2 rings (SSSR count). The highest BCUT2D eigenvalue weighted by atomic mass is 19.3. The van der Waals surface area contributed by atoms with Gasteiger partial charge in [-0.25, -0.2) is 13.6 Å². The topological polar surface area (TPSA) is 82.2 Å².